The van der Waals surface area contributed by atoms with E-state index in [2.05, 4.69) is 30.2 Å². The Morgan fingerprint density at radius 2 is 2.32 bits per heavy atom. The van der Waals surface area contributed by atoms with Gasteiger partial charge >= 0.3 is 5.97 Å². The van der Waals surface area contributed by atoms with Crippen LogP contribution in [0.2, 0.25) is 0 Å². The van der Waals surface area contributed by atoms with Crippen LogP contribution in [0.1, 0.15) is 29.9 Å². The summed E-state index contributed by atoms with van der Waals surface area (Å²) in [6.07, 6.45) is 3.68. The lowest BCUT2D eigenvalue weighted by atomic mass is 10.2. The van der Waals surface area contributed by atoms with Crippen molar-refractivity contribution in [2.45, 2.75) is 26.4 Å². The minimum absolute atomic E-state index is 0.295. The molecule has 0 saturated carbocycles. The Morgan fingerprint density at radius 3 is 2.89 bits per heavy atom. The fraction of sp³-hybridized carbons (Fsp3) is 0.692. The maximum absolute atomic E-state index is 11.9. The monoisotopic (exact) mass is 285 g/mol. The van der Waals surface area contributed by atoms with Gasteiger partial charge in [-0.1, -0.05) is 0 Å². The second-order valence-corrected chi connectivity index (χ2v) is 5.48. The molecule has 0 radical (unpaired) electrons. The van der Waals surface area contributed by atoms with Crippen molar-refractivity contribution >= 4 is 17.7 Å². The van der Waals surface area contributed by atoms with Crippen LogP contribution in [0.25, 0.3) is 0 Å². The van der Waals surface area contributed by atoms with E-state index in [1.54, 1.807) is 17.8 Å². The highest BCUT2D eigenvalue weighted by atomic mass is 32.2. The minimum atomic E-state index is -0.295. The van der Waals surface area contributed by atoms with Gasteiger partial charge in [-0.2, -0.15) is 16.9 Å². The number of nitrogens with zero attached hydrogens (tertiary/aromatic N) is 3. The molecule has 1 unspecified atom stereocenters. The van der Waals surface area contributed by atoms with Crippen LogP contribution in [0.15, 0.2) is 6.20 Å². The van der Waals surface area contributed by atoms with Gasteiger partial charge in [-0.25, -0.2) is 4.79 Å². The van der Waals surface area contributed by atoms with Crippen molar-refractivity contribution in [2.75, 3.05) is 25.7 Å². The Hall–Kier alpha value is -1.01. The molecule has 0 N–H and O–H groups in total. The number of carbonyl (C=O) groups is 1. The summed E-state index contributed by atoms with van der Waals surface area (Å²) in [5, 5.41) is 4.16. The third-order valence-electron chi connectivity index (χ3n) is 3.12. The maximum Gasteiger partial charge on any atom is 0.341 e. The van der Waals surface area contributed by atoms with Gasteiger partial charge in [0, 0.05) is 25.4 Å². The molecule has 0 aromatic carbocycles. The third kappa shape index (κ3) is 4.24. The summed E-state index contributed by atoms with van der Waals surface area (Å²) in [5.41, 5.74) is 1.46. The fourth-order valence-electron chi connectivity index (χ4n) is 1.79. The predicted molar refractivity (Wildman–Crippen MR) is 78.5 cm³/mol. The molecule has 6 heteroatoms. The van der Waals surface area contributed by atoms with Crippen LogP contribution in [0, 0.1) is 0 Å². The van der Waals surface area contributed by atoms with Crippen molar-refractivity contribution in [3.8, 4) is 0 Å². The normalized spacial score (nSPS) is 12.7. The van der Waals surface area contributed by atoms with Gasteiger partial charge < -0.3 is 4.74 Å². The summed E-state index contributed by atoms with van der Waals surface area (Å²) in [7, 11) is 3.91. The zero-order chi connectivity index (χ0) is 14.4. The van der Waals surface area contributed by atoms with Crippen molar-refractivity contribution in [3.05, 3.63) is 17.5 Å². The number of aryl methyl sites for hydroxylation is 1. The summed E-state index contributed by atoms with van der Waals surface area (Å²) in [6.45, 7) is 5.05. The van der Waals surface area contributed by atoms with Gasteiger partial charge in [-0.05, 0) is 27.2 Å². The molecule has 0 saturated heterocycles. The second-order valence-electron chi connectivity index (χ2n) is 4.57. The molecule has 0 aliphatic heterocycles. The van der Waals surface area contributed by atoms with Crippen LogP contribution in [0.4, 0.5) is 0 Å². The third-order valence-corrected chi connectivity index (χ3v) is 3.93. The van der Waals surface area contributed by atoms with Crippen LogP contribution in [-0.2, 0) is 18.3 Å². The Labute approximate surface area is 119 Å². The number of ether oxygens (including phenoxy) is 1. The number of hydrogen-bond donors (Lipinski definition) is 0. The average Bonchev–Trinajstić information content (AvgIpc) is 2.72. The molecule has 1 aromatic heterocycles. The molecule has 5 nitrogen and oxygen atoms in total. The van der Waals surface area contributed by atoms with Gasteiger partial charge in [-0.15, -0.1) is 0 Å². The Bertz CT molecular complexity index is 420. The van der Waals surface area contributed by atoms with E-state index in [4.69, 9.17) is 4.74 Å². The van der Waals surface area contributed by atoms with E-state index < -0.39 is 0 Å². The SMILES string of the molecule is CCOC(=O)c1cnn(C)c1CN(C)C(C)CSC. The number of aromatic nitrogens is 2. The Morgan fingerprint density at radius 1 is 1.63 bits per heavy atom. The largest absolute Gasteiger partial charge is 0.462 e. The number of rotatable bonds is 7. The smallest absolute Gasteiger partial charge is 0.341 e. The molecule has 0 spiro atoms. The lowest BCUT2D eigenvalue weighted by Crippen LogP contribution is -2.31. The van der Waals surface area contributed by atoms with Gasteiger partial charge in [0.1, 0.15) is 5.56 Å². The summed E-state index contributed by atoms with van der Waals surface area (Å²) in [6, 6.07) is 0.444. The van der Waals surface area contributed by atoms with E-state index in [1.165, 1.54) is 0 Å². The quantitative estimate of drug-likeness (QED) is 0.715. The van der Waals surface area contributed by atoms with Gasteiger partial charge in [0.25, 0.3) is 0 Å². The van der Waals surface area contributed by atoms with E-state index in [-0.39, 0.29) is 5.97 Å². The standard InChI is InChI=1S/C13H23N3O2S/c1-6-18-13(17)11-7-14-16(4)12(11)8-15(3)10(2)9-19-5/h7,10H,6,8-9H2,1-5H3. The molecule has 1 atom stereocenters. The first-order valence-electron chi connectivity index (χ1n) is 6.38. The second kappa shape index (κ2) is 7.55. The number of carbonyl (C=O) groups excluding carboxylic acids is 1. The molecule has 19 heavy (non-hydrogen) atoms. The number of esters is 1. The van der Waals surface area contributed by atoms with Crippen LogP contribution < -0.4 is 0 Å². The lowest BCUT2D eigenvalue weighted by molar-refractivity contribution is 0.0523. The van der Waals surface area contributed by atoms with Crippen molar-refractivity contribution in [1.29, 1.82) is 0 Å². The van der Waals surface area contributed by atoms with E-state index in [1.807, 2.05) is 18.8 Å². The van der Waals surface area contributed by atoms with Crippen LogP contribution in [0.5, 0.6) is 0 Å². The Kier molecular flexibility index (Phi) is 6.37. The highest BCUT2D eigenvalue weighted by Gasteiger charge is 2.19. The first kappa shape index (κ1) is 16.0. The van der Waals surface area contributed by atoms with Crippen LogP contribution in [-0.4, -0.2) is 52.4 Å². The predicted octanol–water partition coefficient (Wildman–Crippen LogP) is 1.78. The van der Waals surface area contributed by atoms with Crippen molar-refractivity contribution in [2.24, 2.45) is 7.05 Å². The molecule has 0 bridgehead atoms. The molecule has 0 amide bonds. The van der Waals surface area contributed by atoms with Gasteiger partial charge in [0.15, 0.2) is 0 Å². The lowest BCUT2D eigenvalue weighted by Gasteiger charge is -2.24. The zero-order valence-electron chi connectivity index (χ0n) is 12.3. The maximum atomic E-state index is 11.9. The molecule has 0 aliphatic carbocycles. The zero-order valence-corrected chi connectivity index (χ0v) is 13.2. The van der Waals surface area contributed by atoms with Crippen LogP contribution >= 0.6 is 11.8 Å². The van der Waals surface area contributed by atoms with Gasteiger partial charge in [0.05, 0.1) is 18.5 Å². The average molecular weight is 285 g/mol. The van der Waals surface area contributed by atoms with Gasteiger partial charge in [-0.3, -0.25) is 9.58 Å². The molecule has 0 aliphatic rings. The molecule has 1 heterocycles. The van der Waals surface area contributed by atoms with Crippen molar-refractivity contribution < 1.29 is 9.53 Å². The summed E-state index contributed by atoms with van der Waals surface area (Å²) in [4.78, 5) is 14.1. The molecule has 108 valence electrons. The number of thioether (sulfide) groups is 1. The van der Waals surface area contributed by atoms with E-state index in [0.29, 0.717) is 24.8 Å². The molecule has 1 aromatic rings. The van der Waals surface area contributed by atoms with Crippen molar-refractivity contribution in [1.82, 2.24) is 14.7 Å². The highest BCUT2D eigenvalue weighted by Crippen LogP contribution is 2.14. The first-order chi connectivity index (χ1) is 9.01. The van der Waals surface area contributed by atoms with E-state index in [0.717, 1.165) is 11.4 Å². The topological polar surface area (TPSA) is 47.4 Å². The van der Waals surface area contributed by atoms with Crippen LogP contribution in [0.3, 0.4) is 0 Å². The van der Waals surface area contributed by atoms with E-state index >= 15 is 0 Å². The summed E-state index contributed by atoms with van der Waals surface area (Å²) in [5.74, 6) is 0.764. The fourth-order valence-corrected chi connectivity index (χ4v) is 2.53. The van der Waals surface area contributed by atoms with Crippen molar-refractivity contribution in [3.63, 3.8) is 0 Å². The Balaban J connectivity index is 2.82. The summed E-state index contributed by atoms with van der Waals surface area (Å²) >= 11 is 1.82. The first-order valence-corrected chi connectivity index (χ1v) is 7.77. The molecule has 0 fully saturated rings. The molecular weight excluding hydrogens is 262 g/mol. The molecular formula is C13H23N3O2S. The van der Waals surface area contributed by atoms with E-state index in [9.17, 15) is 4.79 Å². The highest BCUT2D eigenvalue weighted by molar-refractivity contribution is 7.98. The number of hydrogen-bond acceptors (Lipinski definition) is 5. The molecule has 1 rings (SSSR count). The van der Waals surface area contributed by atoms with Gasteiger partial charge in [0.2, 0.25) is 0 Å². The summed E-state index contributed by atoms with van der Waals surface area (Å²) < 4.78 is 6.80. The minimum Gasteiger partial charge on any atom is -0.462 e.